The number of pyridine rings is 1. The van der Waals surface area contributed by atoms with Crippen LogP contribution in [0.3, 0.4) is 0 Å². The first-order valence-corrected chi connectivity index (χ1v) is 5.33. The number of hydrogen-bond acceptors (Lipinski definition) is 3. The van der Waals surface area contributed by atoms with Crippen molar-refractivity contribution in [3.8, 4) is 5.88 Å². The van der Waals surface area contributed by atoms with E-state index in [0.717, 1.165) is 5.56 Å². The summed E-state index contributed by atoms with van der Waals surface area (Å²) in [6, 6.07) is 12.6. The SMILES string of the molecule is COc1cccc(C(=O)c2ccc(C)cc2)n1. The summed E-state index contributed by atoms with van der Waals surface area (Å²) >= 11 is 0. The van der Waals surface area contributed by atoms with E-state index in [9.17, 15) is 4.79 Å². The molecule has 0 amide bonds. The highest BCUT2D eigenvalue weighted by Gasteiger charge is 2.10. The van der Waals surface area contributed by atoms with Crippen molar-refractivity contribution >= 4 is 5.78 Å². The quantitative estimate of drug-likeness (QED) is 0.757. The monoisotopic (exact) mass is 227 g/mol. The van der Waals surface area contributed by atoms with Crippen LogP contribution in [0.5, 0.6) is 5.88 Å². The largest absolute Gasteiger partial charge is 0.481 e. The van der Waals surface area contributed by atoms with Crippen LogP contribution in [0.4, 0.5) is 0 Å². The second-order valence-electron chi connectivity index (χ2n) is 3.76. The smallest absolute Gasteiger partial charge is 0.213 e. The van der Waals surface area contributed by atoms with Gasteiger partial charge in [-0.25, -0.2) is 4.98 Å². The summed E-state index contributed by atoms with van der Waals surface area (Å²) in [5.74, 6) is 0.354. The number of methoxy groups -OCH3 is 1. The Kier molecular flexibility index (Phi) is 3.19. The Balaban J connectivity index is 2.33. The molecule has 1 aromatic heterocycles. The molecule has 0 saturated heterocycles. The molecule has 2 aromatic rings. The Morgan fingerprint density at radius 1 is 1.12 bits per heavy atom. The third kappa shape index (κ3) is 2.50. The molecule has 0 radical (unpaired) electrons. The van der Waals surface area contributed by atoms with Crippen molar-refractivity contribution in [2.24, 2.45) is 0 Å². The molecule has 0 atom stereocenters. The number of ketones is 1. The van der Waals surface area contributed by atoms with E-state index in [1.165, 1.54) is 7.11 Å². The van der Waals surface area contributed by atoms with E-state index in [2.05, 4.69) is 4.98 Å². The zero-order chi connectivity index (χ0) is 12.3. The lowest BCUT2D eigenvalue weighted by atomic mass is 10.1. The number of ether oxygens (including phenoxy) is 1. The lowest BCUT2D eigenvalue weighted by molar-refractivity contribution is 0.103. The van der Waals surface area contributed by atoms with Crippen LogP contribution in [-0.4, -0.2) is 17.9 Å². The predicted octanol–water partition coefficient (Wildman–Crippen LogP) is 2.63. The fraction of sp³-hybridized carbons (Fsp3) is 0.143. The molecule has 0 unspecified atom stereocenters. The van der Waals surface area contributed by atoms with Crippen molar-refractivity contribution in [1.82, 2.24) is 4.98 Å². The Morgan fingerprint density at radius 2 is 1.82 bits per heavy atom. The summed E-state index contributed by atoms with van der Waals surface area (Å²) in [6.07, 6.45) is 0. The molecular formula is C14H13NO2. The molecule has 3 heteroatoms. The molecule has 17 heavy (non-hydrogen) atoms. The van der Waals surface area contributed by atoms with Gasteiger partial charge in [-0.3, -0.25) is 4.79 Å². The molecule has 3 nitrogen and oxygen atoms in total. The highest BCUT2D eigenvalue weighted by molar-refractivity contribution is 6.07. The maximum Gasteiger partial charge on any atom is 0.213 e. The summed E-state index contributed by atoms with van der Waals surface area (Å²) < 4.78 is 5.00. The first kappa shape index (κ1) is 11.3. The van der Waals surface area contributed by atoms with E-state index in [1.807, 2.05) is 19.1 Å². The molecule has 0 bridgehead atoms. The lowest BCUT2D eigenvalue weighted by Crippen LogP contribution is -2.04. The maximum atomic E-state index is 12.1. The van der Waals surface area contributed by atoms with Crippen LogP contribution in [0.25, 0.3) is 0 Å². The first-order chi connectivity index (χ1) is 8.20. The normalized spacial score (nSPS) is 10.0. The summed E-state index contributed by atoms with van der Waals surface area (Å²) in [6.45, 7) is 1.98. The van der Waals surface area contributed by atoms with Gasteiger partial charge in [-0.1, -0.05) is 35.9 Å². The van der Waals surface area contributed by atoms with Crippen molar-refractivity contribution < 1.29 is 9.53 Å². The molecule has 0 spiro atoms. The van der Waals surface area contributed by atoms with Gasteiger partial charge in [0, 0.05) is 11.6 Å². The number of aryl methyl sites for hydroxylation is 1. The number of benzene rings is 1. The number of nitrogens with zero attached hydrogens (tertiary/aromatic N) is 1. The fourth-order valence-electron chi connectivity index (χ4n) is 1.51. The number of carbonyl (C=O) groups excluding carboxylic acids is 1. The summed E-state index contributed by atoms with van der Waals surface area (Å²) in [4.78, 5) is 16.2. The zero-order valence-electron chi connectivity index (χ0n) is 9.81. The number of hydrogen-bond donors (Lipinski definition) is 0. The molecular weight excluding hydrogens is 214 g/mol. The second-order valence-corrected chi connectivity index (χ2v) is 3.76. The molecule has 0 aliphatic carbocycles. The van der Waals surface area contributed by atoms with Crippen LogP contribution in [0, 0.1) is 6.92 Å². The van der Waals surface area contributed by atoms with Crippen LogP contribution in [0.2, 0.25) is 0 Å². The van der Waals surface area contributed by atoms with Crippen molar-refractivity contribution in [2.75, 3.05) is 7.11 Å². The Hall–Kier alpha value is -2.16. The summed E-state index contributed by atoms with van der Waals surface area (Å²) in [7, 11) is 1.53. The molecule has 86 valence electrons. The first-order valence-electron chi connectivity index (χ1n) is 5.33. The van der Waals surface area contributed by atoms with Crippen molar-refractivity contribution in [3.63, 3.8) is 0 Å². The van der Waals surface area contributed by atoms with Gasteiger partial charge in [-0.15, -0.1) is 0 Å². The van der Waals surface area contributed by atoms with Gasteiger partial charge in [0.2, 0.25) is 11.7 Å². The van der Waals surface area contributed by atoms with Crippen LogP contribution in [0.1, 0.15) is 21.6 Å². The van der Waals surface area contributed by atoms with E-state index in [0.29, 0.717) is 17.1 Å². The van der Waals surface area contributed by atoms with Gasteiger partial charge in [0.25, 0.3) is 0 Å². The van der Waals surface area contributed by atoms with Gasteiger partial charge >= 0.3 is 0 Å². The average Bonchev–Trinajstić information content (AvgIpc) is 2.39. The third-order valence-corrected chi connectivity index (χ3v) is 2.48. The third-order valence-electron chi connectivity index (χ3n) is 2.48. The van der Waals surface area contributed by atoms with E-state index in [-0.39, 0.29) is 5.78 Å². The van der Waals surface area contributed by atoms with E-state index in [4.69, 9.17) is 4.74 Å². The standard InChI is InChI=1S/C14H13NO2/c1-10-6-8-11(9-7-10)14(16)12-4-3-5-13(15-12)17-2/h3-9H,1-2H3. The van der Waals surface area contributed by atoms with Gasteiger partial charge in [0.05, 0.1) is 7.11 Å². The van der Waals surface area contributed by atoms with Crippen LogP contribution in [-0.2, 0) is 0 Å². The molecule has 2 rings (SSSR count). The fourth-order valence-corrected chi connectivity index (χ4v) is 1.51. The number of carbonyl (C=O) groups is 1. The molecule has 0 saturated carbocycles. The van der Waals surface area contributed by atoms with Crippen LogP contribution < -0.4 is 4.74 Å². The Bertz CT molecular complexity index is 532. The molecule has 0 aliphatic heterocycles. The summed E-state index contributed by atoms with van der Waals surface area (Å²) in [5.41, 5.74) is 2.16. The van der Waals surface area contributed by atoms with Crippen LogP contribution >= 0.6 is 0 Å². The number of rotatable bonds is 3. The zero-order valence-corrected chi connectivity index (χ0v) is 9.81. The topological polar surface area (TPSA) is 39.2 Å². The van der Waals surface area contributed by atoms with Gasteiger partial charge < -0.3 is 4.74 Å². The van der Waals surface area contributed by atoms with Crippen molar-refractivity contribution in [2.45, 2.75) is 6.92 Å². The Morgan fingerprint density at radius 3 is 2.47 bits per heavy atom. The van der Waals surface area contributed by atoms with Crippen molar-refractivity contribution in [1.29, 1.82) is 0 Å². The molecule has 0 fully saturated rings. The van der Waals surface area contributed by atoms with Gasteiger partial charge in [-0.05, 0) is 13.0 Å². The minimum Gasteiger partial charge on any atom is -0.481 e. The average molecular weight is 227 g/mol. The lowest BCUT2D eigenvalue weighted by Gasteiger charge is -2.03. The maximum absolute atomic E-state index is 12.1. The van der Waals surface area contributed by atoms with Crippen LogP contribution in [0.15, 0.2) is 42.5 Å². The van der Waals surface area contributed by atoms with Crippen molar-refractivity contribution in [3.05, 3.63) is 59.3 Å². The Labute approximate surface area is 100 Å². The molecule has 0 N–H and O–H groups in total. The summed E-state index contributed by atoms with van der Waals surface area (Å²) in [5, 5.41) is 0. The predicted molar refractivity (Wildman–Crippen MR) is 65.4 cm³/mol. The molecule has 1 heterocycles. The molecule has 1 aromatic carbocycles. The second kappa shape index (κ2) is 4.78. The highest BCUT2D eigenvalue weighted by atomic mass is 16.5. The number of aromatic nitrogens is 1. The van der Waals surface area contributed by atoms with E-state index in [1.54, 1.807) is 30.3 Å². The van der Waals surface area contributed by atoms with Gasteiger partial charge in [0.15, 0.2) is 0 Å². The van der Waals surface area contributed by atoms with Gasteiger partial charge in [0.1, 0.15) is 5.69 Å². The minimum absolute atomic E-state index is 0.0936. The minimum atomic E-state index is -0.0936. The van der Waals surface area contributed by atoms with E-state index < -0.39 is 0 Å². The molecule has 0 aliphatic rings. The van der Waals surface area contributed by atoms with E-state index >= 15 is 0 Å². The highest BCUT2D eigenvalue weighted by Crippen LogP contribution is 2.12. The van der Waals surface area contributed by atoms with Gasteiger partial charge in [-0.2, -0.15) is 0 Å².